The van der Waals surface area contributed by atoms with E-state index in [2.05, 4.69) is 47.6 Å². The Morgan fingerprint density at radius 3 is 2.53 bits per heavy atom. The molecule has 0 saturated heterocycles. The number of nitrogens with zero attached hydrogens (tertiary/aromatic N) is 2. The number of hydrogen-bond acceptors (Lipinski definition) is 3. The molecule has 0 amide bonds. The Hall–Kier alpha value is -1.37. The maximum Gasteiger partial charge on any atom is 0.104 e. The molecule has 3 nitrogen and oxygen atoms in total. The third-order valence-corrected chi connectivity index (χ3v) is 3.09. The molecule has 1 aromatic carbocycles. The fourth-order valence-corrected chi connectivity index (χ4v) is 1.63. The quantitative estimate of drug-likeness (QED) is 0.814. The van der Waals surface area contributed by atoms with Crippen LogP contribution < -0.4 is 5.32 Å². The van der Waals surface area contributed by atoms with Crippen LogP contribution in [-0.2, 0) is 6.54 Å². The molecular formula is C14H21N3. The third kappa shape index (κ3) is 4.56. The van der Waals surface area contributed by atoms with Gasteiger partial charge in [0.2, 0.25) is 0 Å². The molecule has 1 N–H and O–H groups in total. The molecule has 3 heteroatoms. The van der Waals surface area contributed by atoms with Crippen LogP contribution in [0.3, 0.4) is 0 Å². The molecular weight excluding hydrogens is 210 g/mol. The third-order valence-electron chi connectivity index (χ3n) is 3.09. The molecule has 17 heavy (non-hydrogen) atoms. The molecule has 0 saturated carbocycles. The predicted molar refractivity (Wildman–Crippen MR) is 70.5 cm³/mol. The van der Waals surface area contributed by atoms with Gasteiger partial charge in [0.1, 0.15) is 5.54 Å². The van der Waals surface area contributed by atoms with E-state index in [1.807, 2.05) is 20.0 Å². The largest absolute Gasteiger partial charge is 0.303 e. The Labute approximate surface area is 104 Å². The van der Waals surface area contributed by atoms with Gasteiger partial charge >= 0.3 is 0 Å². The fraction of sp³-hybridized carbons (Fsp3) is 0.500. The Bertz CT molecular complexity index is 369. The van der Waals surface area contributed by atoms with Crippen LogP contribution in [-0.4, -0.2) is 31.1 Å². The fourth-order valence-electron chi connectivity index (χ4n) is 1.63. The molecule has 0 aromatic heterocycles. The van der Waals surface area contributed by atoms with Crippen LogP contribution in [0.1, 0.15) is 18.9 Å². The van der Waals surface area contributed by atoms with E-state index in [9.17, 15) is 0 Å². The average Bonchev–Trinajstić information content (AvgIpc) is 2.37. The van der Waals surface area contributed by atoms with Crippen LogP contribution in [0.25, 0.3) is 0 Å². The lowest BCUT2D eigenvalue weighted by Gasteiger charge is -2.24. The average molecular weight is 231 g/mol. The first-order valence-corrected chi connectivity index (χ1v) is 5.92. The number of benzene rings is 1. The molecule has 0 aliphatic heterocycles. The summed E-state index contributed by atoms with van der Waals surface area (Å²) < 4.78 is 0. The molecule has 1 atom stereocenters. The minimum atomic E-state index is -0.426. The van der Waals surface area contributed by atoms with Crippen LogP contribution in [0, 0.1) is 11.3 Å². The highest BCUT2D eigenvalue weighted by Gasteiger charge is 2.21. The van der Waals surface area contributed by atoms with Crippen molar-refractivity contribution < 1.29 is 0 Å². The molecule has 0 aliphatic carbocycles. The first-order chi connectivity index (χ1) is 8.09. The molecule has 1 rings (SSSR count). The van der Waals surface area contributed by atoms with Gasteiger partial charge in [-0.05, 0) is 33.0 Å². The second kappa shape index (κ2) is 6.39. The van der Waals surface area contributed by atoms with E-state index >= 15 is 0 Å². The summed E-state index contributed by atoms with van der Waals surface area (Å²) >= 11 is 0. The topological polar surface area (TPSA) is 39.1 Å². The van der Waals surface area contributed by atoms with Gasteiger partial charge in [-0.2, -0.15) is 5.26 Å². The number of nitrogens with one attached hydrogen (secondary N) is 1. The van der Waals surface area contributed by atoms with E-state index in [-0.39, 0.29) is 0 Å². The standard InChI is InChI=1S/C14H21N3/c1-14(12-15,16-2)9-10-17(3)11-13-7-5-4-6-8-13/h4-8,16H,9-11H2,1-3H3. The maximum atomic E-state index is 9.06. The van der Waals surface area contributed by atoms with Gasteiger partial charge in [0, 0.05) is 13.1 Å². The maximum absolute atomic E-state index is 9.06. The van der Waals surface area contributed by atoms with E-state index < -0.39 is 5.54 Å². The van der Waals surface area contributed by atoms with Crippen molar-refractivity contribution in [2.75, 3.05) is 20.6 Å². The molecule has 92 valence electrons. The highest BCUT2D eigenvalue weighted by atomic mass is 15.1. The van der Waals surface area contributed by atoms with Crippen molar-refractivity contribution in [1.82, 2.24) is 10.2 Å². The van der Waals surface area contributed by atoms with Crippen molar-refractivity contribution >= 4 is 0 Å². The molecule has 1 aromatic rings. The lowest BCUT2D eigenvalue weighted by atomic mass is 10.00. The summed E-state index contributed by atoms with van der Waals surface area (Å²) in [5.41, 5.74) is 0.878. The van der Waals surface area contributed by atoms with Crippen molar-refractivity contribution in [3.63, 3.8) is 0 Å². The normalized spacial score (nSPS) is 14.3. The second-order valence-electron chi connectivity index (χ2n) is 4.67. The van der Waals surface area contributed by atoms with Crippen LogP contribution in [0.4, 0.5) is 0 Å². The van der Waals surface area contributed by atoms with Gasteiger partial charge in [0.05, 0.1) is 6.07 Å². The summed E-state index contributed by atoms with van der Waals surface area (Å²) in [5, 5.41) is 12.1. The van der Waals surface area contributed by atoms with E-state index in [4.69, 9.17) is 5.26 Å². The van der Waals surface area contributed by atoms with Crippen molar-refractivity contribution in [3.05, 3.63) is 35.9 Å². The molecule has 0 aliphatic rings. The molecule has 0 bridgehead atoms. The molecule has 0 spiro atoms. The van der Waals surface area contributed by atoms with Gasteiger partial charge in [-0.15, -0.1) is 0 Å². The van der Waals surface area contributed by atoms with Gasteiger partial charge in [-0.1, -0.05) is 30.3 Å². The minimum absolute atomic E-state index is 0.426. The van der Waals surface area contributed by atoms with Gasteiger partial charge < -0.3 is 10.2 Å². The second-order valence-corrected chi connectivity index (χ2v) is 4.67. The summed E-state index contributed by atoms with van der Waals surface area (Å²) in [6.45, 7) is 3.76. The van der Waals surface area contributed by atoms with Crippen molar-refractivity contribution in [2.45, 2.75) is 25.4 Å². The van der Waals surface area contributed by atoms with Gasteiger partial charge in [0.15, 0.2) is 0 Å². The lowest BCUT2D eigenvalue weighted by Crippen LogP contribution is -2.41. The molecule has 0 heterocycles. The zero-order chi connectivity index (χ0) is 12.7. The minimum Gasteiger partial charge on any atom is -0.303 e. The van der Waals surface area contributed by atoms with Crippen LogP contribution in [0.5, 0.6) is 0 Å². The summed E-state index contributed by atoms with van der Waals surface area (Å²) in [7, 11) is 3.92. The van der Waals surface area contributed by atoms with Crippen molar-refractivity contribution in [3.8, 4) is 6.07 Å². The van der Waals surface area contributed by atoms with Crippen molar-refractivity contribution in [1.29, 1.82) is 5.26 Å². The summed E-state index contributed by atoms with van der Waals surface area (Å²) in [6.07, 6.45) is 0.823. The van der Waals surface area contributed by atoms with Crippen LogP contribution in [0.15, 0.2) is 30.3 Å². The Morgan fingerprint density at radius 1 is 1.35 bits per heavy atom. The summed E-state index contributed by atoms with van der Waals surface area (Å²) in [5.74, 6) is 0. The molecule has 0 fully saturated rings. The summed E-state index contributed by atoms with van der Waals surface area (Å²) in [6, 6.07) is 12.7. The van der Waals surface area contributed by atoms with Gasteiger partial charge in [-0.25, -0.2) is 0 Å². The van der Waals surface area contributed by atoms with Crippen LogP contribution in [0.2, 0.25) is 0 Å². The predicted octanol–water partition coefficient (Wildman–Crippen LogP) is 2.01. The highest BCUT2D eigenvalue weighted by Crippen LogP contribution is 2.09. The Kier molecular flexibility index (Phi) is 5.14. The first-order valence-electron chi connectivity index (χ1n) is 5.92. The monoisotopic (exact) mass is 231 g/mol. The number of hydrogen-bond donors (Lipinski definition) is 1. The zero-order valence-corrected chi connectivity index (χ0v) is 10.9. The Morgan fingerprint density at radius 2 is 2.00 bits per heavy atom. The van der Waals surface area contributed by atoms with E-state index in [1.165, 1.54) is 5.56 Å². The molecule has 0 radical (unpaired) electrons. The SMILES string of the molecule is CNC(C)(C#N)CCN(C)Cc1ccccc1. The molecule has 1 unspecified atom stereocenters. The summed E-state index contributed by atoms with van der Waals surface area (Å²) in [4.78, 5) is 2.24. The highest BCUT2D eigenvalue weighted by molar-refractivity contribution is 5.14. The first kappa shape index (κ1) is 13.7. The van der Waals surface area contributed by atoms with E-state index in [0.29, 0.717) is 0 Å². The van der Waals surface area contributed by atoms with E-state index in [0.717, 1.165) is 19.5 Å². The zero-order valence-electron chi connectivity index (χ0n) is 10.9. The lowest BCUT2D eigenvalue weighted by molar-refractivity contribution is 0.288. The van der Waals surface area contributed by atoms with Gasteiger partial charge in [0.25, 0.3) is 0 Å². The smallest absolute Gasteiger partial charge is 0.104 e. The van der Waals surface area contributed by atoms with E-state index in [1.54, 1.807) is 0 Å². The number of rotatable bonds is 6. The van der Waals surface area contributed by atoms with Gasteiger partial charge in [-0.3, -0.25) is 0 Å². The Balaban J connectivity index is 2.41. The van der Waals surface area contributed by atoms with Crippen LogP contribution >= 0.6 is 0 Å². The number of nitriles is 1. The van der Waals surface area contributed by atoms with Crippen molar-refractivity contribution in [2.24, 2.45) is 0 Å².